The van der Waals surface area contributed by atoms with Crippen molar-refractivity contribution in [3.05, 3.63) is 30.5 Å². The standard InChI is InChI=1S/C16H23N3O/c1-4-10-19(11-9-17-2)16-15-12-14(20-3)6-5-13(15)7-8-18-16/h5-8,12,17H,4,9-11H2,1-3H3. The molecule has 0 atom stereocenters. The van der Waals surface area contributed by atoms with Gasteiger partial charge < -0.3 is 15.0 Å². The zero-order valence-electron chi connectivity index (χ0n) is 12.5. The van der Waals surface area contributed by atoms with E-state index in [1.807, 2.05) is 25.4 Å². The molecule has 0 aliphatic carbocycles. The van der Waals surface area contributed by atoms with E-state index in [0.29, 0.717) is 0 Å². The van der Waals surface area contributed by atoms with Crippen LogP contribution in [0.15, 0.2) is 30.5 Å². The highest BCUT2D eigenvalue weighted by atomic mass is 16.5. The van der Waals surface area contributed by atoms with Crippen LogP contribution in [0.1, 0.15) is 13.3 Å². The summed E-state index contributed by atoms with van der Waals surface area (Å²) < 4.78 is 5.34. The van der Waals surface area contributed by atoms with E-state index < -0.39 is 0 Å². The lowest BCUT2D eigenvalue weighted by Gasteiger charge is -2.24. The average Bonchev–Trinajstić information content (AvgIpc) is 2.50. The fourth-order valence-electron chi connectivity index (χ4n) is 2.35. The quantitative estimate of drug-likeness (QED) is 0.841. The molecule has 4 nitrogen and oxygen atoms in total. The van der Waals surface area contributed by atoms with Crippen LogP contribution in [0.5, 0.6) is 5.75 Å². The molecule has 0 spiro atoms. The minimum Gasteiger partial charge on any atom is -0.497 e. The number of nitrogens with zero attached hydrogens (tertiary/aromatic N) is 2. The summed E-state index contributed by atoms with van der Waals surface area (Å²) >= 11 is 0. The summed E-state index contributed by atoms with van der Waals surface area (Å²) in [7, 11) is 3.67. The maximum Gasteiger partial charge on any atom is 0.136 e. The molecular weight excluding hydrogens is 250 g/mol. The largest absolute Gasteiger partial charge is 0.497 e. The molecule has 1 N–H and O–H groups in total. The van der Waals surface area contributed by atoms with E-state index in [9.17, 15) is 0 Å². The number of methoxy groups -OCH3 is 1. The predicted molar refractivity (Wildman–Crippen MR) is 84.7 cm³/mol. The second-order valence-electron chi connectivity index (χ2n) is 4.81. The van der Waals surface area contributed by atoms with Gasteiger partial charge in [-0.25, -0.2) is 4.98 Å². The maximum atomic E-state index is 5.34. The number of pyridine rings is 1. The van der Waals surface area contributed by atoms with Crippen LogP contribution >= 0.6 is 0 Å². The Kier molecular flexibility index (Phi) is 5.18. The van der Waals surface area contributed by atoms with Gasteiger partial charge in [0.2, 0.25) is 0 Å². The minimum absolute atomic E-state index is 0.872. The number of likely N-dealkylation sites (N-methyl/N-ethyl adjacent to an activating group) is 1. The smallest absolute Gasteiger partial charge is 0.136 e. The zero-order valence-corrected chi connectivity index (χ0v) is 12.5. The molecule has 2 rings (SSSR count). The topological polar surface area (TPSA) is 37.4 Å². The summed E-state index contributed by atoms with van der Waals surface area (Å²) in [5.74, 6) is 1.91. The van der Waals surface area contributed by atoms with Crippen molar-refractivity contribution in [3.8, 4) is 5.75 Å². The van der Waals surface area contributed by atoms with Crippen molar-refractivity contribution in [1.29, 1.82) is 0 Å². The number of ether oxygens (including phenoxy) is 1. The van der Waals surface area contributed by atoms with Gasteiger partial charge in [-0.2, -0.15) is 0 Å². The highest BCUT2D eigenvalue weighted by molar-refractivity contribution is 5.93. The second-order valence-corrected chi connectivity index (χ2v) is 4.81. The lowest BCUT2D eigenvalue weighted by atomic mass is 10.1. The third-order valence-corrected chi connectivity index (χ3v) is 3.38. The molecule has 2 aromatic rings. The van der Waals surface area contributed by atoms with Gasteiger partial charge in [0.25, 0.3) is 0 Å². The normalized spacial score (nSPS) is 10.8. The van der Waals surface area contributed by atoms with E-state index in [0.717, 1.165) is 43.0 Å². The SMILES string of the molecule is CCCN(CCNC)c1nccc2ccc(OC)cc12. The average molecular weight is 273 g/mol. The van der Waals surface area contributed by atoms with E-state index in [1.165, 1.54) is 5.39 Å². The minimum atomic E-state index is 0.872. The van der Waals surface area contributed by atoms with Crippen LogP contribution in [-0.2, 0) is 0 Å². The summed E-state index contributed by atoms with van der Waals surface area (Å²) in [5.41, 5.74) is 0. The Labute approximate surface area is 120 Å². The molecule has 108 valence electrons. The van der Waals surface area contributed by atoms with Gasteiger partial charge in [0.15, 0.2) is 0 Å². The Balaban J connectivity index is 2.43. The molecule has 4 heteroatoms. The number of nitrogens with one attached hydrogen (secondary N) is 1. The third kappa shape index (κ3) is 3.20. The summed E-state index contributed by atoms with van der Waals surface area (Å²) in [4.78, 5) is 6.93. The molecule has 0 amide bonds. The monoisotopic (exact) mass is 273 g/mol. The molecule has 1 heterocycles. The molecule has 1 aromatic heterocycles. The molecule has 20 heavy (non-hydrogen) atoms. The predicted octanol–water partition coefficient (Wildman–Crippen LogP) is 2.68. The van der Waals surface area contributed by atoms with Crippen LogP contribution in [-0.4, -0.2) is 38.8 Å². The third-order valence-electron chi connectivity index (χ3n) is 3.38. The first kappa shape index (κ1) is 14.6. The molecule has 0 aliphatic rings. The van der Waals surface area contributed by atoms with Gasteiger partial charge in [-0.05, 0) is 37.1 Å². The molecule has 0 radical (unpaired) electrons. The molecule has 0 bridgehead atoms. The van der Waals surface area contributed by atoms with Gasteiger partial charge in [-0.1, -0.05) is 13.0 Å². The highest BCUT2D eigenvalue weighted by Crippen LogP contribution is 2.28. The molecule has 0 saturated heterocycles. The van der Waals surface area contributed by atoms with E-state index in [-0.39, 0.29) is 0 Å². The maximum absolute atomic E-state index is 5.34. The van der Waals surface area contributed by atoms with Crippen molar-refractivity contribution in [1.82, 2.24) is 10.3 Å². The molecule has 0 fully saturated rings. The van der Waals surface area contributed by atoms with Gasteiger partial charge >= 0.3 is 0 Å². The number of hydrogen-bond acceptors (Lipinski definition) is 4. The summed E-state index contributed by atoms with van der Waals surface area (Å²) in [6, 6.07) is 8.19. The zero-order chi connectivity index (χ0) is 14.4. The summed E-state index contributed by atoms with van der Waals surface area (Å²) in [5, 5.41) is 5.55. The Morgan fingerprint density at radius 3 is 2.80 bits per heavy atom. The lowest BCUT2D eigenvalue weighted by molar-refractivity contribution is 0.415. The molecule has 1 aromatic carbocycles. The van der Waals surface area contributed by atoms with Crippen molar-refractivity contribution in [2.24, 2.45) is 0 Å². The fourth-order valence-corrected chi connectivity index (χ4v) is 2.35. The Morgan fingerprint density at radius 1 is 1.25 bits per heavy atom. The van der Waals surface area contributed by atoms with Crippen LogP contribution in [0.3, 0.4) is 0 Å². The number of hydrogen-bond donors (Lipinski definition) is 1. The van der Waals surface area contributed by atoms with E-state index in [2.05, 4.69) is 34.3 Å². The van der Waals surface area contributed by atoms with E-state index >= 15 is 0 Å². The van der Waals surface area contributed by atoms with Gasteiger partial charge in [-0.15, -0.1) is 0 Å². The first-order chi connectivity index (χ1) is 9.80. The van der Waals surface area contributed by atoms with Crippen LogP contribution in [0, 0.1) is 0 Å². The number of fused-ring (bicyclic) bond motifs is 1. The highest BCUT2D eigenvalue weighted by Gasteiger charge is 2.11. The first-order valence-electron chi connectivity index (χ1n) is 7.12. The van der Waals surface area contributed by atoms with Crippen molar-refractivity contribution in [2.75, 3.05) is 38.7 Å². The summed E-state index contributed by atoms with van der Waals surface area (Å²) in [6.07, 6.45) is 2.98. The van der Waals surface area contributed by atoms with Gasteiger partial charge in [0, 0.05) is 31.2 Å². The van der Waals surface area contributed by atoms with Crippen molar-refractivity contribution in [2.45, 2.75) is 13.3 Å². The number of rotatable bonds is 7. The van der Waals surface area contributed by atoms with Crippen LogP contribution in [0.4, 0.5) is 5.82 Å². The van der Waals surface area contributed by atoms with Gasteiger partial charge in [0.1, 0.15) is 11.6 Å². The van der Waals surface area contributed by atoms with Gasteiger partial charge in [-0.3, -0.25) is 0 Å². The molecule has 0 aliphatic heterocycles. The molecule has 0 unspecified atom stereocenters. The molecule has 0 saturated carbocycles. The van der Waals surface area contributed by atoms with Crippen LogP contribution < -0.4 is 15.0 Å². The number of aromatic nitrogens is 1. The number of benzene rings is 1. The van der Waals surface area contributed by atoms with Crippen LogP contribution in [0.25, 0.3) is 10.8 Å². The molecular formula is C16H23N3O. The Bertz CT molecular complexity index is 556. The summed E-state index contributed by atoms with van der Waals surface area (Å²) in [6.45, 7) is 5.10. The van der Waals surface area contributed by atoms with Gasteiger partial charge in [0.05, 0.1) is 7.11 Å². The Hall–Kier alpha value is -1.81. The van der Waals surface area contributed by atoms with E-state index in [4.69, 9.17) is 4.74 Å². The lowest BCUT2D eigenvalue weighted by Crippen LogP contribution is -2.32. The number of anilines is 1. The fraction of sp³-hybridized carbons (Fsp3) is 0.438. The van der Waals surface area contributed by atoms with Crippen LogP contribution in [0.2, 0.25) is 0 Å². The van der Waals surface area contributed by atoms with Crippen molar-refractivity contribution >= 4 is 16.6 Å². The van der Waals surface area contributed by atoms with Crippen molar-refractivity contribution < 1.29 is 4.74 Å². The first-order valence-corrected chi connectivity index (χ1v) is 7.12. The Morgan fingerprint density at radius 2 is 2.10 bits per heavy atom. The van der Waals surface area contributed by atoms with E-state index in [1.54, 1.807) is 7.11 Å². The second kappa shape index (κ2) is 7.10. The van der Waals surface area contributed by atoms with Crippen molar-refractivity contribution in [3.63, 3.8) is 0 Å².